The molecule has 0 bridgehead atoms. The minimum atomic E-state index is 0.695. The maximum Gasteiger partial charge on any atom is 0.162 e. The third kappa shape index (κ3) is 4.19. The van der Waals surface area contributed by atoms with E-state index in [0.717, 1.165) is 39.2 Å². The highest BCUT2D eigenvalue weighted by Gasteiger charge is 2.23. The lowest BCUT2D eigenvalue weighted by Crippen LogP contribution is -2.04. The summed E-state index contributed by atoms with van der Waals surface area (Å²) in [5.41, 5.74) is 8.67. The lowest BCUT2D eigenvalue weighted by molar-refractivity contribution is 1.05. The number of rotatable bonds is 4. The number of hydrogen-bond acceptors (Lipinski definition) is 3. The minimum absolute atomic E-state index is 0.695. The molecule has 0 N–H and O–H groups in total. The maximum absolute atomic E-state index is 5.36. The maximum atomic E-state index is 5.36. The molecule has 0 saturated heterocycles. The molecule has 11 aromatic rings. The zero-order chi connectivity index (χ0) is 33.5. The van der Waals surface area contributed by atoms with E-state index in [1.807, 2.05) is 35.6 Å². The number of nitrogens with zero attached hydrogens (tertiary/aromatic N) is 4. The molecule has 0 spiro atoms. The van der Waals surface area contributed by atoms with Crippen molar-refractivity contribution in [2.75, 3.05) is 0 Å². The molecule has 0 saturated carbocycles. The first-order valence-electron chi connectivity index (χ1n) is 17.2. The van der Waals surface area contributed by atoms with E-state index in [-0.39, 0.29) is 0 Å². The fourth-order valence-electron chi connectivity index (χ4n) is 7.92. The van der Waals surface area contributed by atoms with Gasteiger partial charge in [0.2, 0.25) is 0 Å². The van der Waals surface area contributed by atoms with E-state index in [9.17, 15) is 0 Å². The van der Waals surface area contributed by atoms with Gasteiger partial charge in [0.15, 0.2) is 5.82 Å². The quantitative estimate of drug-likeness (QED) is 0.187. The molecule has 0 fully saturated rings. The van der Waals surface area contributed by atoms with Crippen LogP contribution in [0.3, 0.4) is 0 Å². The second-order valence-corrected chi connectivity index (χ2v) is 14.0. The Bertz CT molecular complexity index is 3080. The van der Waals surface area contributed by atoms with Crippen molar-refractivity contribution >= 4 is 75.1 Å². The van der Waals surface area contributed by atoms with E-state index in [2.05, 4.69) is 155 Å². The summed E-state index contributed by atoms with van der Waals surface area (Å²) in [6.45, 7) is 0. The van der Waals surface area contributed by atoms with Crippen molar-refractivity contribution in [2.24, 2.45) is 0 Å². The molecule has 4 aromatic heterocycles. The predicted octanol–water partition coefficient (Wildman–Crippen LogP) is 12.4. The largest absolute Gasteiger partial charge is 0.306 e. The Balaban J connectivity index is 1.33. The van der Waals surface area contributed by atoms with Gasteiger partial charge < -0.3 is 4.57 Å². The lowest BCUT2D eigenvalue weighted by atomic mass is 10.1. The van der Waals surface area contributed by atoms with Crippen LogP contribution in [0, 0.1) is 0 Å². The van der Waals surface area contributed by atoms with Gasteiger partial charge in [0, 0.05) is 54.2 Å². The van der Waals surface area contributed by atoms with Crippen LogP contribution < -0.4 is 0 Å². The van der Waals surface area contributed by atoms with Crippen molar-refractivity contribution in [3.63, 3.8) is 0 Å². The summed E-state index contributed by atoms with van der Waals surface area (Å²) in [6, 6.07) is 60.5. The average Bonchev–Trinajstić information content (AvgIpc) is 3.86. The summed E-state index contributed by atoms with van der Waals surface area (Å²) < 4.78 is 7.44. The second kappa shape index (κ2) is 11.0. The van der Waals surface area contributed by atoms with Crippen LogP contribution in [0.4, 0.5) is 0 Å². The monoisotopic (exact) mass is 668 g/mol. The fraction of sp³-hybridized carbons (Fsp3) is 0. The molecule has 0 aliphatic carbocycles. The van der Waals surface area contributed by atoms with Gasteiger partial charge in [0.25, 0.3) is 0 Å². The van der Waals surface area contributed by atoms with Crippen molar-refractivity contribution in [2.45, 2.75) is 0 Å². The van der Waals surface area contributed by atoms with E-state index in [4.69, 9.17) is 9.97 Å². The van der Waals surface area contributed by atoms with E-state index in [1.54, 1.807) is 0 Å². The van der Waals surface area contributed by atoms with Crippen LogP contribution in [0.5, 0.6) is 0 Å². The molecule has 0 aliphatic heterocycles. The Morgan fingerprint density at radius 3 is 1.71 bits per heavy atom. The van der Waals surface area contributed by atoms with Gasteiger partial charge in [0.05, 0.1) is 38.1 Å². The number of benzene rings is 7. The Morgan fingerprint density at radius 1 is 0.412 bits per heavy atom. The van der Waals surface area contributed by atoms with Crippen molar-refractivity contribution in [1.82, 2.24) is 19.1 Å². The molecule has 0 amide bonds. The van der Waals surface area contributed by atoms with Crippen molar-refractivity contribution in [3.05, 3.63) is 170 Å². The van der Waals surface area contributed by atoms with Gasteiger partial charge in [-0.25, -0.2) is 9.97 Å². The van der Waals surface area contributed by atoms with Gasteiger partial charge in [-0.2, -0.15) is 0 Å². The summed E-state index contributed by atoms with van der Waals surface area (Å²) in [4.78, 5) is 10.5. The zero-order valence-corrected chi connectivity index (χ0v) is 28.2. The topological polar surface area (TPSA) is 35.6 Å². The zero-order valence-electron chi connectivity index (χ0n) is 27.4. The molecule has 7 aromatic carbocycles. The van der Waals surface area contributed by atoms with Crippen LogP contribution in [-0.4, -0.2) is 19.1 Å². The Hall–Kier alpha value is -6.56. The molecular formula is C46H28N4S. The van der Waals surface area contributed by atoms with Crippen LogP contribution in [0.25, 0.3) is 97.9 Å². The predicted molar refractivity (Wildman–Crippen MR) is 214 cm³/mol. The first kappa shape index (κ1) is 28.3. The van der Waals surface area contributed by atoms with Gasteiger partial charge in [-0.15, -0.1) is 11.3 Å². The van der Waals surface area contributed by atoms with E-state index in [1.165, 1.54) is 52.9 Å². The third-order valence-corrected chi connectivity index (χ3v) is 11.3. The molecule has 0 atom stereocenters. The highest BCUT2D eigenvalue weighted by atomic mass is 32.1. The van der Waals surface area contributed by atoms with Crippen LogP contribution in [0.2, 0.25) is 0 Å². The highest BCUT2D eigenvalue weighted by Crippen LogP contribution is 2.44. The molecular weight excluding hydrogens is 641 g/mol. The van der Waals surface area contributed by atoms with Crippen molar-refractivity contribution in [1.29, 1.82) is 0 Å². The molecule has 0 aliphatic rings. The summed E-state index contributed by atoms with van der Waals surface area (Å²) in [5.74, 6) is 1.53. The SMILES string of the molecule is c1ccc(-c2cc(-n3c4ccccc4c4ccc5c6ccccc6n(-c6cccc7c6sc6ccccc67)c5c43)nc(-c3ccccc3)n2)cc1. The summed E-state index contributed by atoms with van der Waals surface area (Å²) in [7, 11) is 0. The first-order chi connectivity index (χ1) is 25.3. The first-order valence-corrected chi connectivity index (χ1v) is 18.0. The molecule has 4 nitrogen and oxygen atoms in total. The van der Waals surface area contributed by atoms with E-state index >= 15 is 0 Å². The number of fused-ring (bicyclic) bond motifs is 10. The van der Waals surface area contributed by atoms with Crippen molar-refractivity contribution < 1.29 is 0 Å². The lowest BCUT2D eigenvalue weighted by Gasteiger charge is -2.14. The van der Waals surface area contributed by atoms with Gasteiger partial charge in [-0.1, -0.05) is 140 Å². The number of aromatic nitrogens is 4. The van der Waals surface area contributed by atoms with Crippen LogP contribution in [-0.2, 0) is 0 Å². The summed E-state index contributed by atoms with van der Waals surface area (Å²) in [6.07, 6.45) is 0. The molecule has 51 heavy (non-hydrogen) atoms. The van der Waals surface area contributed by atoms with Gasteiger partial charge in [-0.05, 0) is 24.3 Å². The molecule has 11 rings (SSSR count). The van der Waals surface area contributed by atoms with Crippen LogP contribution in [0.15, 0.2) is 170 Å². The normalized spacial score (nSPS) is 11.9. The smallest absolute Gasteiger partial charge is 0.162 e. The van der Waals surface area contributed by atoms with Gasteiger partial charge >= 0.3 is 0 Å². The third-order valence-electron chi connectivity index (χ3n) is 10.1. The number of hydrogen-bond donors (Lipinski definition) is 0. The molecule has 0 unspecified atom stereocenters. The molecule has 4 heterocycles. The summed E-state index contributed by atoms with van der Waals surface area (Å²) in [5, 5.41) is 7.38. The number of thiophene rings is 1. The van der Waals surface area contributed by atoms with Gasteiger partial charge in [-0.3, -0.25) is 4.57 Å². The fourth-order valence-corrected chi connectivity index (χ4v) is 9.13. The molecule has 5 heteroatoms. The van der Waals surface area contributed by atoms with E-state index < -0.39 is 0 Å². The van der Waals surface area contributed by atoms with Crippen molar-refractivity contribution in [3.8, 4) is 34.2 Å². The molecule has 238 valence electrons. The second-order valence-electron chi connectivity index (χ2n) is 13.0. The number of para-hydroxylation sites is 2. The standard InChI is InChI=1S/C46H28N4S/c1-3-14-29(15-4-1)37-28-42(48-46(47-37)30-16-5-2-6-17-30)50-39-23-11-8-19-32(39)35-27-26-34-31-18-7-10-22-38(31)49(43(34)44(35)50)40-24-13-21-36-33-20-9-12-25-41(33)51-45(36)40/h1-28H. The van der Waals surface area contributed by atoms with E-state index in [0.29, 0.717) is 5.82 Å². The van der Waals surface area contributed by atoms with Gasteiger partial charge in [0.1, 0.15) is 5.82 Å². The Labute approximate surface area is 297 Å². The highest BCUT2D eigenvalue weighted by molar-refractivity contribution is 7.26. The Morgan fingerprint density at radius 2 is 0.980 bits per heavy atom. The average molecular weight is 669 g/mol. The van der Waals surface area contributed by atoms with Crippen LogP contribution in [0.1, 0.15) is 0 Å². The Kier molecular flexibility index (Phi) is 6.09. The minimum Gasteiger partial charge on any atom is -0.306 e. The summed E-state index contributed by atoms with van der Waals surface area (Å²) >= 11 is 1.87. The van der Waals surface area contributed by atoms with Crippen LogP contribution >= 0.6 is 11.3 Å². The molecule has 0 radical (unpaired) electrons.